The average Bonchev–Trinajstić information content (AvgIpc) is 3.57. The molecule has 0 atom stereocenters. The maximum atomic E-state index is 6.98. The Bertz CT molecular complexity index is 2820. The molecule has 9 aromatic rings. The average molecular weight is 654 g/mol. The van der Waals surface area contributed by atoms with Crippen molar-refractivity contribution in [3.8, 4) is 34.1 Å². The van der Waals surface area contributed by atoms with Gasteiger partial charge in [-0.15, -0.1) is 0 Å². The lowest BCUT2D eigenvalue weighted by atomic mass is 9.35. The second-order valence-corrected chi connectivity index (χ2v) is 13.2. The molecule has 1 aromatic heterocycles. The van der Waals surface area contributed by atoms with Crippen LogP contribution in [0.3, 0.4) is 0 Å². The van der Waals surface area contributed by atoms with Gasteiger partial charge in [0.05, 0.1) is 5.69 Å². The van der Waals surface area contributed by atoms with Crippen LogP contribution in [0.2, 0.25) is 0 Å². The van der Waals surface area contributed by atoms with Crippen molar-refractivity contribution >= 4 is 72.9 Å². The predicted octanol–water partition coefficient (Wildman–Crippen LogP) is 10.6. The number of fused-ring (bicyclic) bond motifs is 10. The van der Waals surface area contributed by atoms with Gasteiger partial charge >= 0.3 is 0 Å². The normalized spacial score (nSPS) is 12.6. The summed E-state index contributed by atoms with van der Waals surface area (Å²) in [5.74, 6) is 3.23. The predicted molar refractivity (Wildman–Crippen MR) is 209 cm³/mol. The molecule has 0 aliphatic carbocycles. The number of para-hydroxylation sites is 3. The van der Waals surface area contributed by atoms with Gasteiger partial charge in [0.2, 0.25) is 0 Å². The molecule has 51 heavy (non-hydrogen) atoms. The Labute approximate surface area is 294 Å². The Kier molecular flexibility index (Phi) is 6.01. The smallest absolute Gasteiger partial charge is 0.260 e. The Hall–Kier alpha value is -6.72. The van der Waals surface area contributed by atoms with Crippen molar-refractivity contribution in [3.05, 3.63) is 170 Å². The molecule has 0 saturated heterocycles. The van der Waals surface area contributed by atoms with Crippen molar-refractivity contribution in [1.29, 1.82) is 0 Å². The number of anilines is 3. The van der Waals surface area contributed by atoms with E-state index in [1.54, 1.807) is 0 Å². The van der Waals surface area contributed by atoms with Gasteiger partial charge in [-0.3, -0.25) is 0 Å². The third-order valence-electron chi connectivity index (χ3n) is 10.4. The molecule has 0 unspecified atom stereocenters. The van der Waals surface area contributed by atoms with E-state index in [0.29, 0.717) is 0 Å². The SMILES string of the molecule is c1ccc(-c2cccc(N(c3ccccc3)c3cc4oc5c6c7c(cc5c4c4ccccc34)Oc3ccccc3B7c3ccccc3O6)c2)cc1. The van der Waals surface area contributed by atoms with Gasteiger partial charge in [0.25, 0.3) is 6.71 Å². The van der Waals surface area contributed by atoms with E-state index in [4.69, 9.17) is 13.9 Å². The standard InChI is InChI=1S/C46H28BNO3/c1-3-14-29(15-4-1)30-16-13-19-32(26-30)48(31-17-5-2-6-18-31)38-28-41-43(34-21-8-7-20-33(34)38)35-27-42-44-46(45(35)51-41)50-40-25-12-10-23-37(40)47(44)36-22-9-11-24-39(36)49-42/h1-28H. The molecular weight excluding hydrogens is 625 g/mol. The van der Waals surface area contributed by atoms with Crippen LogP contribution in [0.25, 0.3) is 43.8 Å². The summed E-state index contributed by atoms with van der Waals surface area (Å²) in [6, 6.07) is 59.4. The minimum atomic E-state index is -0.0275. The summed E-state index contributed by atoms with van der Waals surface area (Å²) >= 11 is 0. The van der Waals surface area contributed by atoms with E-state index in [2.05, 4.69) is 157 Å². The summed E-state index contributed by atoms with van der Waals surface area (Å²) in [5.41, 5.74) is 10.2. The Morgan fingerprint density at radius 1 is 0.451 bits per heavy atom. The van der Waals surface area contributed by atoms with Crippen LogP contribution in [0.1, 0.15) is 0 Å². The molecule has 5 heteroatoms. The van der Waals surface area contributed by atoms with Crippen LogP contribution in [-0.4, -0.2) is 6.71 Å². The Balaban J connectivity index is 1.19. The lowest BCUT2D eigenvalue weighted by Gasteiger charge is -2.32. The summed E-state index contributed by atoms with van der Waals surface area (Å²) in [6.45, 7) is -0.0275. The highest BCUT2D eigenvalue weighted by Crippen LogP contribution is 2.48. The van der Waals surface area contributed by atoms with Crippen molar-refractivity contribution in [2.24, 2.45) is 0 Å². The van der Waals surface area contributed by atoms with Crippen LogP contribution in [0.15, 0.2) is 174 Å². The van der Waals surface area contributed by atoms with Crippen LogP contribution in [0, 0.1) is 0 Å². The molecule has 0 spiro atoms. The Morgan fingerprint density at radius 3 is 1.86 bits per heavy atom. The van der Waals surface area contributed by atoms with E-state index in [0.717, 1.165) is 94.7 Å². The third kappa shape index (κ3) is 4.22. The first-order valence-electron chi connectivity index (χ1n) is 17.3. The minimum Gasteiger partial charge on any atom is -0.458 e. The van der Waals surface area contributed by atoms with Gasteiger partial charge in [-0.1, -0.05) is 121 Å². The lowest BCUT2D eigenvalue weighted by molar-refractivity contribution is 0.462. The quantitative estimate of drug-likeness (QED) is 0.177. The van der Waals surface area contributed by atoms with Crippen LogP contribution >= 0.6 is 0 Å². The van der Waals surface area contributed by atoms with Crippen molar-refractivity contribution in [1.82, 2.24) is 0 Å². The molecule has 0 amide bonds. The first-order valence-corrected chi connectivity index (χ1v) is 17.3. The lowest BCUT2D eigenvalue weighted by Crippen LogP contribution is -2.57. The molecule has 0 radical (unpaired) electrons. The number of furan rings is 1. The van der Waals surface area contributed by atoms with Gasteiger partial charge < -0.3 is 18.8 Å². The fraction of sp³-hybridized carbons (Fsp3) is 0. The molecule has 3 heterocycles. The summed E-state index contributed by atoms with van der Waals surface area (Å²) < 4.78 is 20.4. The molecule has 4 nitrogen and oxygen atoms in total. The summed E-state index contributed by atoms with van der Waals surface area (Å²) in [4.78, 5) is 2.33. The third-order valence-corrected chi connectivity index (χ3v) is 10.4. The van der Waals surface area contributed by atoms with Crippen LogP contribution < -0.4 is 30.8 Å². The fourth-order valence-electron chi connectivity index (χ4n) is 8.15. The zero-order valence-corrected chi connectivity index (χ0v) is 27.4. The summed E-state index contributed by atoms with van der Waals surface area (Å²) in [7, 11) is 0. The van der Waals surface area contributed by atoms with Gasteiger partial charge in [0.1, 0.15) is 22.8 Å². The molecule has 0 N–H and O–H groups in total. The number of rotatable bonds is 4. The molecule has 0 saturated carbocycles. The highest BCUT2D eigenvalue weighted by atomic mass is 16.5. The van der Waals surface area contributed by atoms with Crippen LogP contribution in [0.4, 0.5) is 17.1 Å². The van der Waals surface area contributed by atoms with E-state index in [-0.39, 0.29) is 6.71 Å². The molecule has 0 fully saturated rings. The molecule has 2 aliphatic heterocycles. The highest BCUT2D eigenvalue weighted by Gasteiger charge is 2.42. The van der Waals surface area contributed by atoms with E-state index in [9.17, 15) is 0 Å². The highest BCUT2D eigenvalue weighted by molar-refractivity contribution is 6.98. The molecule has 238 valence electrons. The number of hydrogen-bond donors (Lipinski definition) is 0. The first-order chi connectivity index (χ1) is 25.3. The molecule has 2 aliphatic rings. The van der Waals surface area contributed by atoms with E-state index >= 15 is 0 Å². The minimum absolute atomic E-state index is 0.0275. The first kappa shape index (κ1) is 28.2. The van der Waals surface area contributed by atoms with Gasteiger partial charge in [-0.05, 0) is 69.9 Å². The molecule has 11 rings (SSSR count). The van der Waals surface area contributed by atoms with Crippen molar-refractivity contribution in [2.75, 3.05) is 4.90 Å². The van der Waals surface area contributed by atoms with Crippen LogP contribution in [0.5, 0.6) is 23.0 Å². The maximum Gasteiger partial charge on any atom is 0.260 e. The van der Waals surface area contributed by atoms with E-state index in [1.807, 2.05) is 18.2 Å². The number of hydrogen-bond acceptors (Lipinski definition) is 4. The zero-order chi connectivity index (χ0) is 33.5. The maximum absolute atomic E-state index is 6.98. The monoisotopic (exact) mass is 653 g/mol. The fourth-order valence-corrected chi connectivity index (χ4v) is 8.15. The summed E-state index contributed by atoms with van der Waals surface area (Å²) in [6.07, 6.45) is 0. The number of nitrogens with zero attached hydrogens (tertiary/aromatic N) is 1. The topological polar surface area (TPSA) is 34.8 Å². The largest absolute Gasteiger partial charge is 0.458 e. The van der Waals surface area contributed by atoms with E-state index < -0.39 is 0 Å². The summed E-state index contributed by atoms with van der Waals surface area (Å²) in [5, 5.41) is 4.22. The Morgan fingerprint density at radius 2 is 1.08 bits per heavy atom. The number of benzene rings is 8. The van der Waals surface area contributed by atoms with Gasteiger partial charge in [0, 0.05) is 39.1 Å². The zero-order valence-electron chi connectivity index (χ0n) is 27.4. The van der Waals surface area contributed by atoms with Gasteiger partial charge in [-0.2, -0.15) is 0 Å². The van der Waals surface area contributed by atoms with Crippen LogP contribution in [-0.2, 0) is 0 Å². The van der Waals surface area contributed by atoms with Gasteiger partial charge in [0.15, 0.2) is 11.3 Å². The molecule has 0 bridgehead atoms. The second-order valence-electron chi connectivity index (χ2n) is 13.2. The van der Waals surface area contributed by atoms with Crippen molar-refractivity contribution < 1.29 is 13.9 Å². The van der Waals surface area contributed by atoms with Crippen molar-refractivity contribution in [3.63, 3.8) is 0 Å². The number of ether oxygens (including phenoxy) is 2. The van der Waals surface area contributed by atoms with E-state index in [1.165, 1.54) is 5.56 Å². The van der Waals surface area contributed by atoms with Gasteiger partial charge in [-0.25, -0.2) is 0 Å². The van der Waals surface area contributed by atoms with Crippen molar-refractivity contribution in [2.45, 2.75) is 0 Å². The molecular formula is C46H28BNO3. The molecule has 8 aromatic carbocycles. The second kappa shape index (κ2) is 10.9.